The first-order chi connectivity index (χ1) is 10.1. The molecule has 124 valence electrons. The van der Waals surface area contributed by atoms with Gasteiger partial charge in [-0.1, -0.05) is 15.9 Å². The van der Waals surface area contributed by atoms with Gasteiger partial charge in [-0.15, -0.1) is 0 Å². The average molecular weight is 375 g/mol. The van der Waals surface area contributed by atoms with Gasteiger partial charge in [0.1, 0.15) is 11.4 Å². The smallest absolute Gasteiger partial charge is 0.410 e. The van der Waals surface area contributed by atoms with Crippen LogP contribution in [0.5, 0.6) is 0 Å². The van der Waals surface area contributed by atoms with Gasteiger partial charge in [-0.3, -0.25) is 0 Å². The lowest BCUT2D eigenvalue weighted by molar-refractivity contribution is 0.0299. The number of hydrogen-bond donors (Lipinski definition) is 1. The third kappa shape index (κ3) is 6.32. The normalized spacial score (nSPS) is 12.9. The van der Waals surface area contributed by atoms with E-state index in [0.717, 1.165) is 4.47 Å². The molecule has 0 bridgehead atoms. The molecule has 0 spiro atoms. The molecule has 1 aromatic carbocycles. The monoisotopic (exact) mass is 374 g/mol. The van der Waals surface area contributed by atoms with Gasteiger partial charge in [-0.05, 0) is 45.9 Å². The fourth-order valence-corrected chi connectivity index (χ4v) is 2.22. The Balaban J connectivity index is 2.46. The van der Waals surface area contributed by atoms with Gasteiger partial charge in [0.05, 0.1) is 0 Å². The van der Waals surface area contributed by atoms with E-state index in [2.05, 4.69) is 21.2 Å². The quantitative estimate of drug-likeness (QED) is 0.842. The van der Waals surface area contributed by atoms with Crippen LogP contribution in [0.4, 0.5) is 9.18 Å². The first-order valence-corrected chi connectivity index (χ1v) is 8.02. The molecule has 0 aliphatic rings. The lowest BCUT2D eigenvalue weighted by Crippen LogP contribution is -2.38. The molecular weight excluding hydrogens is 351 g/mol. The standard InChI is InChI=1S/C16H24BrFN2O2/c1-11(13-10-12(17)6-7-14(13)18)19-8-9-20(5)15(21)22-16(2,3)4/h6-7,10-11,19H,8-9H2,1-5H3. The molecule has 0 saturated carbocycles. The molecule has 6 heteroatoms. The van der Waals surface area contributed by atoms with Crippen molar-refractivity contribution in [2.24, 2.45) is 0 Å². The number of likely N-dealkylation sites (N-methyl/N-ethyl adjacent to an activating group) is 1. The van der Waals surface area contributed by atoms with Crippen LogP contribution in [0, 0.1) is 5.82 Å². The highest BCUT2D eigenvalue weighted by atomic mass is 79.9. The van der Waals surface area contributed by atoms with Crippen LogP contribution in [-0.4, -0.2) is 36.7 Å². The Morgan fingerprint density at radius 1 is 1.45 bits per heavy atom. The van der Waals surface area contributed by atoms with Crippen LogP contribution in [-0.2, 0) is 4.74 Å². The topological polar surface area (TPSA) is 41.6 Å². The number of nitrogens with one attached hydrogen (secondary N) is 1. The highest BCUT2D eigenvalue weighted by Crippen LogP contribution is 2.21. The van der Waals surface area contributed by atoms with E-state index in [4.69, 9.17) is 4.74 Å². The van der Waals surface area contributed by atoms with Crippen LogP contribution < -0.4 is 5.32 Å². The molecule has 1 N–H and O–H groups in total. The van der Waals surface area contributed by atoms with E-state index in [1.807, 2.05) is 27.7 Å². The molecule has 0 heterocycles. The molecule has 0 aliphatic heterocycles. The van der Waals surface area contributed by atoms with E-state index >= 15 is 0 Å². The molecule has 0 saturated heterocycles. The minimum absolute atomic E-state index is 0.149. The summed E-state index contributed by atoms with van der Waals surface area (Å²) in [6.07, 6.45) is -0.365. The highest BCUT2D eigenvalue weighted by molar-refractivity contribution is 9.10. The van der Waals surface area contributed by atoms with Crippen LogP contribution in [0.25, 0.3) is 0 Å². The summed E-state index contributed by atoms with van der Waals surface area (Å²) in [4.78, 5) is 13.3. The van der Waals surface area contributed by atoms with E-state index in [1.165, 1.54) is 11.0 Å². The van der Waals surface area contributed by atoms with Gasteiger partial charge in [-0.2, -0.15) is 0 Å². The number of hydrogen-bond acceptors (Lipinski definition) is 3. The molecule has 1 rings (SSSR count). The second-order valence-corrected chi connectivity index (χ2v) is 7.16. The Morgan fingerprint density at radius 2 is 2.09 bits per heavy atom. The van der Waals surface area contributed by atoms with Crippen LogP contribution in [0.15, 0.2) is 22.7 Å². The minimum atomic E-state index is -0.508. The molecule has 0 aromatic heterocycles. The van der Waals surface area contributed by atoms with Gasteiger partial charge in [0.25, 0.3) is 0 Å². The van der Waals surface area contributed by atoms with Gasteiger partial charge in [0, 0.05) is 36.2 Å². The fraction of sp³-hybridized carbons (Fsp3) is 0.562. The van der Waals surface area contributed by atoms with Crippen LogP contribution in [0.2, 0.25) is 0 Å². The Bertz CT molecular complexity index is 517. The van der Waals surface area contributed by atoms with Crippen molar-refractivity contribution in [1.29, 1.82) is 0 Å². The second-order valence-electron chi connectivity index (χ2n) is 6.24. The molecule has 1 aromatic rings. The van der Waals surface area contributed by atoms with Gasteiger partial charge in [-0.25, -0.2) is 9.18 Å². The number of carbonyl (C=O) groups is 1. The van der Waals surface area contributed by atoms with Crippen molar-refractivity contribution >= 4 is 22.0 Å². The molecule has 22 heavy (non-hydrogen) atoms. The van der Waals surface area contributed by atoms with Crippen molar-refractivity contribution in [2.45, 2.75) is 39.3 Å². The zero-order chi connectivity index (χ0) is 16.9. The molecular formula is C16H24BrFN2O2. The summed E-state index contributed by atoms with van der Waals surface area (Å²) >= 11 is 3.34. The third-order valence-electron chi connectivity index (χ3n) is 3.03. The maximum Gasteiger partial charge on any atom is 0.410 e. The summed E-state index contributed by atoms with van der Waals surface area (Å²) in [5, 5.41) is 3.21. The number of halogens is 2. The summed E-state index contributed by atoms with van der Waals surface area (Å²) in [6.45, 7) is 8.40. The molecule has 0 aliphatic carbocycles. The highest BCUT2D eigenvalue weighted by Gasteiger charge is 2.19. The van der Waals surface area contributed by atoms with Crippen LogP contribution in [0.1, 0.15) is 39.3 Å². The van der Waals surface area contributed by atoms with Gasteiger partial charge in [0.2, 0.25) is 0 Å². The summed E-state index contributed by atoms with van der Waals surface area (Å²) in [5.74, 6) is -0.247. The predicted octanol–water partition coefficient (Wildman–Crippen LogP) is 4.11. The third-order valence-corrected chi connectivity index (χ3v) is 3.52. The lowest BCUT2D eigenvalue weighted by Gasteiger charge is -2.25. The first-order valence-electron chi connectivity index (χ1n) is 7.22. The van der Waals surface area contributed by atoms with E-state index in [9.17, 15) is 9.18 Å². The molecule has 1 unspecified atom stereocenters. The number of ether oxygens (including phenoxy) is 1. The van der Waals surface area contributed by atoms with E-state index < -0.39 is 5.60 Å². The zero-order valence-corrected chi connectivity index (χ0v) is 15.3. The van der Waals surface area contributed by atoms with Crippen LogP contribution in [0.3, 0.4) is 0 Å². The summed E-state index contributed by atoms with van der Waals surface area (Å²) < 4.78 is 19.9. The van der Waals surface area contributed by atoms with Gasteiger partial charge in [0.15, 0.2) is 0 Å². The Labute approximate surface area is 140 Å². The van der Waals surface area contributed by atoms with Gasteiger partial charge >= 0.3 is 6.09 Å². The maximum atomic E-state index is 13.8. The second kappa shape index (κ2) is 7.92. The number of nitrogens with zero attached hydrogens (tertiary/aromatic N) is 1. The number of amides is 1. The predicted molar refractivity (Wildman–Crippen MR) is 89.4 cm³/mol. The van der Waals surface area contributed by atoms with Crippen molar-refractivity contribution < 1.29 is 13.9 Å². The SMILES string of the molecule is CC(NCCN(C)C(=O)OC(C)(C)C)c1cc(Br)ccc1F. The van der Waals surface area contributed by atoms with Crippen molar-refractivity contribution in [3.05, 3.63) is 34.1 Å². The Hall–Kier alpha value is -1.14. The minimum Gasteiger partial charge on any atom is -0.444 e. The number of carbonyl (C=O) groups excluding carboxylic acids is 1. The van der Waals surface area contributed by atoms with Crippen molar-refractivity contribution in [2.75, 3.05) is 20.1 Å². The molecule has 0 fully saturated rings. The Kier molecular flexibility index (Phi) is 6.81. The lowest BCUT2D eigenvalue weighted by atomic mass is 10.1. The van der Waals surface area contributed by atoms with Crippen molar-refractivity contribution in [3.8, 4) is 0 Å². The average Bonchev–Trinajstić information content (AvgIpc) is 2.39. The van der Waals surface area contributed by atoms with Crippen molar-refractivity contribution in [3.63, 3.8) is 0 Å². The summed E-state index contributed by atoms with van der Waals surface area (Å²) in [7, 11) is 1.68. The maximum absolute atomic E-state index is 13.8. The van der Waals surface area contributed by atoms with Gasteiger partial charge < -0.3 is 15.0 Å². The van der Waals surface area contributed by atoms with E-state index in [1.54, 1.807) is 19.2 Å². The Morgan fingerprint density at radius 3 is 2.68 bits per heavy atom. The summed E-state index contributed by atoms with van der Waals surface area (Å²) in [6, 6.07) is 4.71. The van der Waals surface area contributed by atoms with Crippen LogP contribution >= 0.6 is 15.9 Å². The zero-order valence-electron chi connectivity index (χ0n) is 13.7. The molecule has 4 nitrogen and oxygen atoms in total. The van der Waals surface area contributed by atoms with E-state index in [0.29, 0.717) is 18.7 Å². The first kappa shape index (κ1) is 18.9. The fourth-order valence-electron chi connectivity index (χ4n) is 1.84. The molecule has 0 radical (unpaired) electrons. The largest absolute Gasteiger partial charge is 0.444 e. The summed E-state index contributed by atoms with van der Waals surface area (Å²) in [5.41, 5.74) is 0.0835. The van der Waals surface area contributed by atoms with Crippen molar-refractivity contribution in [1.82, 2.24) is 10.2 Å². The molecule has 1 atom stereocenters. The number of rotatable bonds is 5. The molecule has 1 amide bonds. The number of benzene rings is 1. The van der Waals surface area contributed by atoms with E-state index in [-0.39, 0.29) is 18.0 Å².